The van der Waals surface area contributed by atoms with Gasteiger partial charge in [0.2, 0.25) is 5.91 Å². The average Bonchev–Trinajstić information content (AvgIpc) is 2.36. The van der Waals surface area contributed by atoms with Gasteiger partial charge >= 0.3 is 29.6 Å². The molecule has 3 N–H and O–H groups in total. The number of carbonyl (C=O) groups is 1. The Kier molecular flexibility index (Phi) is 23.1. The SMILES string of the molecule is CCCCCCCCCCCC(N)=O.CCS(=O)(=O)O.[NaH]. The van der Waals surface area contributed by atoms with Crippen molar-refractivity contribution in [1.82, 2.24) is 0 Å². The Morgan fingerprint density at radius 3 is 1.52 bits per heavy atom. The van der Waals surface area contributed by atoms with E-state index in [1.54, 1.807) is 0 Å². The minimum absolute atomic E-state index is 0. The molecule has 0 rings (SSSR count). The molecule has 0 aliphatic rings. The molecule has 0 radical (unpaired) electrons. The molecule has 0 aliphatic heterocycles. The summed E-state index contributed by atoms with van der Waals surface area (Å²) >= 11 is 0. The van der Waals surface area contributed by atoms with E-state index in [-0.39, 0.29) is 41.2 Å². The summed E-state index contributed by atoms with van der Waals surface area (Å²) < 4.78 is 26.9. The predicted octanol–water partition coefficient (Wildman–Crippen LogP) is 2.64. The predicted molar refractivity (Wildman–Crippen MR) is 90.3 cm³/mol. The van der Waals surface area contributed by atoms with Crippen molar-refractivity contribution in [1.29, 1.82) is 0 Å². The zero-order chi connectivity index (χ0) is 15.9. The van der Waals surface area contributed by atoms with E-state index in [4.69, 9.17) is 10.3 Å². The molecule has 124 valence electrons. The van der Waals surface area contributed by atoms with Gasteiger partial charge in [0, 0.05) is 6.42 Å². The summed E-state index contributed by atoms with van der Waals surface area (Å²) in [5, 5.41) is 0. The zero-order valence-electron chi connectivity index (χ0n) is 12.9. The molecule has 0 saturated carbocycles. The number of rotatable bonds is 11. The first-order chi connectivity index (χ1) is 9.33. The van der Waals surface area contributed by atoms with Crippen molar-refractivity contribution < 1.29 is 17.8 Å². The molecule has 0 atom stereocenters. The van der Waals surface area contributed by atoms with Gasteiger partial charge in [-0.3, -0.25) is 9.35 Å². The Morgan fingerprint density at radius 1 is 0.905 bits per heavy atom. The first-order valence-corrected chi connectivity index (χ1v) is 9.17. The molecule has 0 unspecified atom stereocenters. The van der Waals surface area contributed by atoms with Gasteiger partial charge in [-0.05, 0) is 13.3 Å². The topological polar surface area (TPSA) is 97.5 Å². The van der Waals surface area contributed by atoms with Crippen LogP contribution < -0.4 is 5.73 Å². The van der Waals surface area contributed by atoms with Gasteiger partial charge in [-0.15, -0.1) is 0 Å². The average molecular weight is 333 g/mol. The van der Waals surface area contributed by atoms with Crippen LogP contribution in [0.3, 0.4) is 0 Å². The monoisotopic (exact) mass is 333 g/mol. The molecule has 0 aromatic rings. The summed E-state index contributed by atoms with van der Waals surface area (Å²) in [5.74, 6) is -0.361. The molecule has 0 saturated heterocycles. The quantitative estimate of drug-likeness (QED) is 0.345. The molecule has 7 heteroatoms. The number of carbonyl (C=O) groups excluding carboxylic acids is 1. The van der Waals surface area contributed by atoms with Gasteiger partial charge in [0.25, 0.3) is 10.1 Å². The van der Waals surface area contributed by atoms with Crippen LogP contribution in [0.25, 0.3) is 0 Å². The van der Waals surface area contributed by atoms with E-state index in [0.29, 0.717) is 6.42 Å². The van der Waals surface area contributed by atoms with Crippen LogP contribution >= 0.6 is 0 Å². The van der Waals surface area contributed by atoms with Gasteiger partial charge in [0.15, 0.2) is 0 Å². The maximum atomic E-state index is 10.4. The fourth-order valence-corrected chi connectivity index (χ4v) is 1.61. The number of nitrogens with two attached hydrogens (primary N) is 1. The van der Waals surface area contributed by atoms with Crippen LogP contribution in [-0.4, -0.2) is 54.2 Å². The number of hydrogen-bond acceptors (Lipinski definition) is 3. The normalized spacial score (nSPS) is 10.2. The van der Waals surface area contributed by atoms with Crippen molar-refractivity contribution in [2.45, 2.75) is 78.1 Å². The molecule has 0 aliphatic carbocycles. The second-order valence-electron chi connectivity index (χ2n) is 4.92. The molecular weight excluding hydrogens is 301 g/mol. The molecule has 1 amide bonds. The summed E-state index contributed by atoms with van der Waals surface area (Å²) in [4.78, 5) is 10.4. The third kappa shape index (κ3) is 33.3. The third-order valence-electron chi connectivity index (χ3n) is 2.89. The van der Waals surface area contributed by atoms with E-state index in [0.717, 1.165) is 12.8 Å². The van der Waals surface area contributed by atoms with E-state index in [2.05, 4.69) is 6.92 Å². The van der Waals surface area contributed by atoms with Gasteiger partial charge < -0.3 is 5.73 Å². The summed E-state index contributed by atoms with van der Waals surface area (Å²) in [6, 6.07) is 0. The van der Waals surface area contributed by atoms with Gasteiger partial charge in [-0.2, -0.15) is 8.42 Å². The van der Waals surface area contributed by atoms with Crippen molar-refractivity contribution in [2.75, 3.05) is 5.75 Å². The van der Waals surface area contributed by atoms with Crippen LogP contribution in [0.5, 0.6) is 0 Å². The molecule has 0 aromatic heterocycles. The molecule has 0 heterocycles. The number of hydrogen-bond donors (Lipinski definition) is 2. The molecule has 5 nitrogen and oxygen atoms in total. The third-order valence-corrected chi connectivity index (χ3v) is 3.62. The van der Waals surface area contributed by atoms with Crippen molar-refractivity contribution in [3.63, 3.8) is 0 Å². The Hall–Kier alpha value is 0.380. The standard InChI is InChI=1S/C12H25NO.C2H6O3S.Na.H/c1-2-3-4-5-6-7-8-9-10-11-12(13)14;1-2-6(3,4)5;;/h2-11H2,1H3,(H2,13,14);2H2,1H3,(H,3,4,5);;. The fraction of sp³-hybridized carbons (Fsp3) is 0.929. The van der Waals surface area contributed by atoms with Crippen LogP contribution in [0.15, 0.2) is 0 Å². The van der Waals surface area contributed by atoms with Crippen molar-refractivity contribution in [3.8, 4) is 0 Å². The first-order valence-electron chi connectivity index (χ1n) is 7.57. The molecule has 0 bridgehead atoms. The van der Waals surface area contributed by atoms with E-state index in [1.807, 2.05) is 0 Å². The summed E-state index contributed by atoms with van der Waals surface area (Å²) in [5.41, 5.74) is 5.05. The second-order valence-corrected chi connectivity index (χ2v) is 6.66. The van der Waals surface area contributed by atoms with Gasteiger partial charge in [0.05, 0.1) is 5.75 Å². The summed E-state index contributed by atoms with van der Waals surface area (Å²) in [6.45, 7) is 3.61. The maximum absolute atomic E-state index is 10.4. The number of unbranched alkanes of at least 4 members (excludes halogenated alkanes) is 8. The number of amides is 1. The fourth-order valence-electron chi connectivity index (χ4n) is 1.61. The summed E-state index contributed by atoms with van der Waals surface area (Å²) in [6.07, 6.45) is 12.1. The van der Waals surface area contributed by atoms with E-state index < -0.39 is 10.1 Å². The van der Waals surface area contributed by atoms with Crippen molar-refractivity contribution >= 4 is 45.6 Å². The van der Waals surface area contributed by atoms with Crippen molar-refractivity contribution in [3.05, 3.63) is 0 Å². The van der Waals surface area contributed by atoms with Crippen LogP contribution in [0, 0.1) is 0 Å². The molecule has 21 heavy (non-hydrogen) atoms. The van der Waals surface area contributed by atoms with Gasteiger partial charge in [0.1, 0.15) is 0 Å². The molecular formula is C14H32NNaO4S. The molecule has 0 aromatic carbocycles. The Balaban J connectivity index is -0.000000394. The van der Waals surface area contributed by atoms with Crippen molar-refractivity contribution in [2.24, 2.45) is 5.73 Å². The molecule has 0 fully saturated rings. The van der Waals surface area contributed by atoms with E-state index >= 15 is 0 Å². The zero-order valence-corrected chi connectivity index (χ0v) is 13.8. The Labute approximate surface area is 152 Å². The van der Waals surface area contributed by atoms with Gasteiger partial charge in [-0.1, -0.05) is 58.3 Å². The summed E-state index contributed by atoms with van der Waals surface area (Å²) in [7, 11) is -3.66. The van der Waals surface area contributed by atoms with Crippen LogP contribution in [0.2, 0.25) is 0 Å². The van der Waals surface area contributed by atoms with Crippen LogP contribution in [0.1, 0.15) is 78.1 Å². The minimum atomic E-state index is -3.66. The van der Waals surface area contributed by atoms with Crippen LogP contribution in [-0.2, 0) is 14.9 Å². The first kappa shape index (κ1) is 26.3. The second kappa shape index (κ2) is 18.4. The van der Waals surface area contributed by atoms with E-state index in [9.17, 15) is 13.2 Å². The van der Waals surface area contributed by atoms with Crippen LogP contribution in [0.4, 0.5) is 0 Å². The van der Waals surface area contributed by atoms with Gasteiger partial charge in [-0.25, -0.2) is 0 Å². The Morgan fingerprint density at radius 2 is 1.24 bits per heavy atom. The Bertz CT molecular complexity index is 321. The number of primary amides is 1. The van der Waals surface area contributed by atoms with E-state index in [1.165, 1.54) is 51.9 Å². The molecule has 0 spiro atoms.